The van der Waals surface area contributed by atoms with Crippen LogP contribution in [-0.2, 0) is 26.2 Å². The Morgan fingerprint density at radius 3 is 1.12 bits per heavy atom. The fourth-order valence-corrected chi connectivity index (χ4v) is 1.49. The Morgan fingerprint density at radius 2 is 1.06 bits per heavy atom. The summed E-state index contributed by atoms with van der Waals surface area (Å²) in [5, 5.41) is 0. The molecule has 0 heterocycles. The minimum atomic E-state index is 0. The number of allylic oxidation sites excluding steroid dienone is 8. The van der Waals surface area contributed by atoms with Gasteiger partial charge in [-0.2, -0.15) is 11.1 Å². The minimum Gasteiger partial charge on any atom is -1.00 e. The van der Waals surface area contributed by atoms with Crippen molar-refractivity contribution < 1.29 is 60.2 Å². The maximum absolute atomic E-state index is 3.19. The van der Waals surface area contributed by atoms with Crippen LogP contribution in [0.4, 0.5) is 0 Å². The van der Waals surface area contributed by atoms with Crippen molar-refractivity contribution in [2.45, 2.75) is 40.5 Å². The molecule has 0 radical (unpaired) electrons. The zero-order chi connectivity index (χ0) is 10.6. The number of halogens is 2. The van der Waals surface area contributed by atoms with Crippen molar-refractivity contribution in [1.82, 2.24) is 0 Å². The van der Waals surface area contributed by atoms with Crippen LogP contribution in [0.25, 0.3) is 0 Å². The molecule has 0 N–H and O–H groups in total. The minimum absolute atomic E-state index is 0. The van der Waals surface area contributed by atoms with Crippen molar-refractivity contribution in [3.8, 4) is 0 Å². The van der Waals surface area contributed by atoms with Crippen LogP contribution in [0.3, 0.4) is 0 Å². The molecule has 0 atom stereocenters. The van der Waals surface area contributed by atoms with E-state index in [1.54, 1.807) is 0 Å². The number of rotatable bonds is 0. The summed E-state index contributed by atoms with van der Waals surface area (Å²) in [7, 11) is 0. The largest absolute Gasteiger partial charge is 4.00 e. The molecule has 0 nitrogen and oxygen atoms in total. The van der Waals surface area contributed by atoms with Gasteiger partial charge >= 0.3 is 26.2 Å². The SMILES string of the molecule is CC1=[C-]C(C)=CC1.CC1=[C-]C(C)=CC1.[Br-].[Br-].[Zr+4]. The van der Waals surface area contributed by atoms with Crippen molar-refractivity contribution in [1.29, 1.82) is 0 Å². The van der Waals surface area contributed by atoms with E-state index in [0.717, 1.165) is 12.8 Å². The molecule has 0 spiro atoms. The van der Waals surface area contributed by atoms with Gasteiger partial charge in [0.05, 0.1) is 0 Å². The van der Waals surface area contributed by atoms with E-state index < -0.39 is 0 Å². The average molecular weight is 437 g/mol. The summed E-state index contributed by atoms with van der Waals surface area (Å²) in [5.41, 5.74) is 5.30. The van der Waals surface area contributed by atoms with E-state index in [-0.39, 0.29) is 60.2 Å². The monoisotopic (exact) mass is 434 g/mol. The molecule has 0 amide bonds. The van der Waals surface area contributed by atoms with Crippen LogP contribution in [0.1, 0.15) is 40.5 Å². The second kappa shape index (κ2) is 11.9. The molecule has 0 saturated heterocycles. The summed E-state index contributed by atoms with van der Waals surface area (Å²) in [6, 6.07) is 0. The van der Waals surface area contributed by atoms with Gasteiger partial charge in [-0.1, -0.05) is 40.5 Å². The zero-order valence-corrected chi connectivity index (χ0v) is 16.5. The summed E-state index contributed by atoms with van der Waals surface area (Å²) in [6.45, 7) is 8.37. The van der Waals surface area contributed by atoms with E-state index in [2.05, 4.69) is 52.0 Å². The second-order valence-electron chi connectivity index (χ2n) is 3.99. The van der Waals surface area contributed by atoms with Crippen LogP contribution in [0.5, 0.6) is 0 Å². The topological polar surface area (TPSA) is 0 Å². The fourth-order valence-electron chi connectivity index (χ4n) is 1.49. The maximum atomic E-state index is 3.19. The summed E-state index contributed by atoms with van der Waals surface area (Å²) in [6.07, 6.45) is 13.0. The molecule has 2 rings (SSSR count). The van der Waals surface area contributed by atoms with Gasteiger partial charge in [-0.3, -0.25) is 12.2 Å². The summed E-state index contributed by atoms with van der Waals surface area (Å²) in [4.78, 5) is 0. The molecule has 0 aromatic heterocycles. The van der Waals surface area contributed by atoms with Crippen molar-refractivity contribution in [2.75, 3.05) is 0 Å². The fraction of sp³-hybridized carbons (Fsp3) is 0.429. The van der Waals surface area contributed by atoms with E-state index >= 15 is 0 Å². The number of hydrogen-bond acceptors (Lipinski definition) is 0. The van der Waals surface area contributed by atoms with Crippen LogP contribution in [-0.4, -0.2) is 0 Å². The third-order valence-electron chi connectivity index (χ3n) is 2.25. The van der Waals surface area contributed by atoms with Gasteiger partial charge in [-0.05, 0) is 0 Å². The second-order valence-corrected chi connectivity index (χ2v) is 3.99. The smallest absolute Gasteiger partial charge is 1.00 e. The summed E-state index contributed by atoms with van der Waals surface area (Å²) >= 11 is 0. The molecule has 0 unspecified atom stereocenters. The zero-order valence-electron chi connectivity index (χ0n) is 10.8. The molecular formula is C14H18Br2Zr. The average Bonchev–Trinajstić information content (AvgIpc) is 2.63. The van der Waals surface area contributed by atoms with E-state index in [9.17, 15) is 0 Å². The molecule has 0 fully saturated rings. The summed E-state index contributed by atoms with van der Waals surface area (Å²) < 4.78 is 0. The Morgan fingerprint density at radius 1 is 0.765 bits per heavy atom. The molecule has 0 saturated carbocycles. The van der Waals surface area contributed by atoms with Gasteiger partial charge in [0.2, 0.25) is 0 Å². The molecule has 17 heavy (non-hydrogen) atoms. The third-order valence-corrected chi connectivity index (χ3v) is 2.25. The Hall–Kier alpha value is 0.803. The first-order chi connectivity index (χ1) is 6.58. The molecule has 0 aromatic rings. The van der Waals surface area contributed by atoms with E-state index in [4.69, 9.17) is 0 Å². The summed E-state index contributed by atoms with van der Waals surface area (Å²) in [5.74, 6) is 0. The quantitative estimate of drug-likeness (QED) is 0.392. The predicted molar refractivity (Wildman–Crippen MR) is 61.6 cm³/mol. The van der Waals surface area contributed by atoms with Gasteiger partial charge in [0.1, 0.15) is 0 Å². The van der Waals surface area contributed by atoms with Crippen molar-refractivity contribution in [2.24, 2.45) is 0 Å². The van der Waals surface area contributed by atoms with E-state index in [1.807, 2.05) is 0 Å². The Labute approximate surface area is 146 Å². The standard InChI is InChI=1S/2C7H9.2BrH.Zr/c2*1-6-3-4-7(2)5-6;;;/h2*3H,4H2,1-2H3;2*1H;/q2*-1;;;+4/p-2. The first kappa shape index (κ1) is 22.9. The first-order valence-electron chi connectivity index (χ1n) is 5.10. The molecule has 0 aliphatic heterocycles. The molecule has 3 heteroatoms. The van der Waals surface area contributed by atoms with Crippen molar-refractivity contribution >= 4 is 0 Å². The maximum Gasteiger partial charge on any atom is 4.00 e. The Bertz CT molecular complexity index is 302. The van der Waals surface area contributed by atoms with Gasteiger partial charge in [0.25, 0.3) is 0 Å². The molecule has 92 valence electrons. The van der Waals surface area contributed by atoms with Crippen LogP contribution in [0.2, 0.25) is 0 Å². The van der Waals surface area contributed by atoms with Gasteiger partial charge in [0.15, 0.2) is 0 Å². The Balaban J connectivity index is -0.000000196. The molecule has 0 bridgehead atoms. The molecule has 2 aliphatic rings. The van der Waals surface area contributed by atoms with Crippen molar-refractivity contribution in [3.05, 3.63) is 46.6 Å². The van der Waals surface area contributed by atoms with Crippen LogP contribution in [0.15, 0.2) is 34.4 Å². The normalized spacial score (nSPS) is 15.8. The number of hydrogen-bond donors (Lipinski definition) is 0. The third kappa shape index (κ3) is 10.4. The van der Waals surface area contributed by atoms with Crippen LogP contribution >= 0.6 is 0 Å². The molecule has 2 aliphatic carbocycles. The van der Waals surface area contributed by atoms with E-state index in [1.165, 1.54) is 22.3 Å². The first-order valence-corrected chi connectivity index (χ1v) is 5.10. The van der Waals surface area contributed by atoms with Gasteiger partial charge in [-0.25, -0.2) is 23.3 Å². The van der Waals surface area contributed by atoms with Gasteiger partial charge in [0, 0.05) is 0 Å². The van der Waals surface area contributed by atoms with Crippen LogP contribution < -0.4 is 34.0 Å². The predicted octanol–water partition coefficient (Wildman–Crippen LogP) is -1.82. The van der Waals surface area contributed by atoms with Gasteiger partial charge in [-0.15, -0.1) is 0 Å². The molecular weight excluding hydrogens is 419 g/mol. The van der Waals surface area contributed by atoms with Gasteiger partial charge < -0.3 is 34.0 Å². The van der Waals surface area contributed by atoms with E-state index in [0.29, 0.717) is 0 Å². The Kier molecular flexibility index (Phi) is 16.0. The van der Waals surface area contributed by atoms with Crippen LogP contribution in [0, 0.1) is 12.2 Å². The molecule has 0 aromatic carbocycles. The van der Waals surface area contributed by atoms with Crippen molar-refractivity contribution in [3.63, 3.8) is 0 Å².